The number of thiazole rings is 2. The highest BCUT2D eigenvalue weighted by Crippen LogP contribution is 2.43. The average Bonchev–Trinajstić information content (AvgIpc) is 3.50. The van der Waals surface area contributed by atoms with Gasteiger partial charge in [-0.2, -0.15) is 0 Å². The molecule has 36 heavy (non-hydrogen) atoms. The molecule has 172 valence electrons. The van der Waals surface area contributed by atoms with Crippen molar-refractivity contribution in [3.8, 4) is 0 Å². The summed E-state index contributed by atoms with van der Waals surface area (Å²) in [5.41, 5.74) is 3.66. The number of benzene rings is 4. The quantitative estimate of drug-likeness (QED) is 0.226. The lowest BCUT2D eigenvalue weighted by atomic mass is 9.84. The fourth-order valence-corrected chi connectivity index (χ4v) is 8.70. The molecule has 0 fully saturated rings. The van der Waals surface area contributed by atoms with Gasteiger partial charge in [0.05, 0.1) is 20.4 Å². The molecule has 0 aliphatic heterocycles. The van der Waals surface area contributed by atoms with Crippen molar-refractivity contribution in [1.29, 1.82) is 0 Å². The van der Waals surface area contributed by atoms with E-state index in [2.05, 4.69) is 0 Å². The third-order valence-electron chi connectivity index (χ3n) is 5.94. The van der Waals surface area contributed by atoms with Gasteiger partial charge in [0.15, 0.2) is 20.2 Å². The minimum atomic E-state index is -0.131. The van der Waals surface area contributed by atoms with E-state index < -0.39 is 0 Å². The van der Waals surface area contributed by atoms with Gasteiger partial charge in [0.2, 0.25) is 0 Å². The van der Waals surface area contributed by atoms with Gasteiger partial charge in [-0.15, -0.1) is 22.7 Å². The highest BCUT2D eigenvalue weighted by molar-refractivity contribution is 8.01. The summed E-state index contributed by atoms with van der Waals surface area (Å²) in [6.45, 7) is 0. The maximum atomic E-state index is 14.0. The molecular formula is C28H14N2O2S4. The SMILES string of the molecule is O=C1c2cccc(Sc3nc4ccccc4s3)c2C(=O)c2c(Sc3nc4ccccc4s3)cccc21. The molecule has 8 heteroatoms. The number of hydrogen-bond donors (Lipinski definition) is 0. The van der Waals surface area contributed by atoms with Crippen molar-refractivity contribution in [2.45, 2.75) is 18.5 Å². The van der Waals surface area contributed by atoms with E-state index in [0.29, 0.717) is 22.3 Å². The molecule has 0 unspecified atom stereocenters. The van der Waals surface area contributed by atoms with Crippen LogP contribution in [-0.2, 0) is 0 Å². The predicted molar refractivity (Wildman–Crippen MR) is 147 cm³/mol. The van der Waals surface area contributed by atoms with Crippen LogP contribution in [0.5, 0.6) is 0 Å². The van der Waals surface area contributed by atoms with E-state index in [-0.39, 0.29) is 11.6 Å². The Morgan fingerprint density at radius 1 is 0.528 bits per heavy atom. The van der Waals surface area contributed by atoms with Crippen LogP contribution in [0.4, 0.5) is 0 Å². The molecule has 0 bridgehead atoms. The lowest BCUT2D eigenvalue weighted by Gasteiger charge is -2.21. The van der Waals surface area contributed by atoms with Gasteiger partial charge in [0, 0.05) is 32.0 Å². The third-order valence-corrected chi connectivity index (χ3v) is 10.3. The topological polar surface area (TPSA) is 59.9 Å². The second-order valence-corrected chi connectivity index (χ2v) is 12.8. The number of carbonyl (C=O) groups excluding carboxylic acids is 2. The van der Waals surface area contributed by atoms with E-state index in [1.165, 1.54) is 23.5 Å². The number of nitrogens with zero attached hydrogens (tertiary/aromatic N) is 2. The molecule has 7 rings (SSSR count). The Kier molecular flexibility index (Phi) is 5.28. The maximum absolute atomic E-state index is 14.0. The van der Waals surface area contributed by atoms with Gasteiger partial charge in [-0.1, -0.05) is 72.1 Å². The van der Waals surface area contributed by atoms with Crippen LogP contribution in [-0.4, -0.2) is 21.5 Å². The van der Waals surface area contributed by atoms with Crippen LogP contribution < -0.4 is 0 Å². The van der Waals surface area contributed by atoms with Gasteiger partial charge in [0.1, 0.15) is 0 Å². The summed E-state index contributed by atoms with van der Waals surface area (Å²) in [4.78, 5) is 38.5. The third kappa shape index (κ3) is 3.60. The number of para-hydroxylation sites is 2. The Hall–Kier alpha value is -3.30. The van der Waals surface area contributed by atoms with E-state index in [4.69, 9.17) is 9.97 Å². The van der Waals surface area contributed by atoms with Gasteiger partial charge < -0.3 is 0 Å². The van der Waals surface area contributed by atoms with Crippen LogP contribution in [0.15, 0.2) is 103 Å². The van der Waals surface area contributed by atoms with Crippen molar-refractivity contribution in [3.63, 3.8) is 0 Å². The number of carbonyl (C=O) groups is 2. The smallest absolute Gasteiger partial charge is 0.196 e. The van der Waals surface area contributed by atoms with Crippen LogP contribution in [0.2, 0.25) is 0 Å². The maximum Gasteiger partial charge on any atom is 0.196 e. The Labute approximate surface area is 222 Å². The summed E-state index contributed by atoms with van der Waals surface area (Å²) < 4.78 is 3.86. The molecule has 6 aromatic rings. The summed E-state index contributed by atoms with van der Waals surface area (Å²) in [7, 11) is 0. The van der Waals surface area contributed by atoms with Crippen molar-refractivity contribution in [1.82, 2.24) is 9.97 Å². The summed E-state index contributed by atoms with van der Waals surface area (Å²) in [5.74, 6) is -0.258. The molecule has 0 atom stereocenters. The largest absolute Gasteiger partial charge is 0.289 e. The number of fused-ring (bicyclic) bond motifs is 4. The average molecular weight is 539 g/mol. The zero-order chi connectivity index (χ0) is 24.2. The minimum Gasteiger partial charge on any atom is -0.289 e. The fraction of sp³-hybridized carbons (Fsp3) is 0. The van der Waals surface area contributed by atoms with Crippen LogP contribution in [0.1, 0.15) is 31.8 Å². The Morgan fingerprint density at radius 2 is 1.00 bits per heavy atom. The highest BCUT2D eigenvalue weighted by atomic mass is 32.2. The Bertz CT molecular complexity index is 1660. The van der Waals surface area contributed by atoms with Crippen molar-refractivity contribution in [3.05, 3.63) is 107 Å². The normalized spacial score (nSPS) is 12.8. The van der Waals surface area contributed by atoms with Gasteiger partial charge in [-0.25, -0.2) is 9.97 Å². The molecule has 1 aliphatic rings. The van der Waals surface area contributed by atoms with Crippen LogP contribution in [0.25, 0.3) is 20.4 Å². The summed E-state index contributed by atoms with van der Waals surface area (Å²) in [6.07, 6.45) is 0. The first-order valence-electron chi connectivity index (χ1n) is 11.1. The molecule has 0 amide bonds. The zero-order valence-electron chi connectivity index (χ0n) is 18.4. The van der Waals surface area contributed by atoms with E-state index in [0.717, 1.165) is 38.9 Å². The molecule has 0 saturated carbocycles. The molecule has 4 nitrogen and oxygen atoms in total. The molecule has 2 heterocycles. The van der Waals surface area contributed by atoms with E-state index in [1.807, 2.05) is 72.8 Å². The number of hydrogen-bond acceptors (Lipinski definition) is 8. The van der Waals surface area contributed by atoms with Crippen LogP contribution in [0, 0.1) is 0 Å². The molecule has 2 aromatic heterocycles. The first-order chi connectivity index (χ1) is 17.7. The van der Waals surface area contributed by atoms with Gasteiger partial charge >= 0.3 is 0 Å². The lowest BCUT2D eigenvalue weighted by Crippen LogP contribution is -2.22. The van der Waals surface area contributed by atoms with Gasteiger partial charge in [0.25, 0.3) is 0 Å². The van der Waals surface area contributed by atoms with E-state index >= 15 is 0 Å². The lowest BCUT2D eigenvalue weighted by molar-refractivity contribution is 0.0974. The Balaban J connectivity index is 1.31. The van der Waals surface area contributed by atoms with Gasteiger partial charge in [-0.05, 0) is 36.4 Å². The van der Waals surface area contributed by atoms with E-state index in [1.54, 1.807) is 34.8 Å². The molecule has 0 saturated heterocycles. The van der Waals surface area contributed by atoms with Gasteiger partial charge in [-0.3, -0.25) is 9.59 Å². The fourth-order valence-electron chi connectivity index (χ4n) is 4.33. The molecule has 0 N–H and O–H groups in total. The van der Waals surface area contributed by atoms with Crippen LogP contribution >= 0.6 is 46.2 Å². The second kappa shape index (κ2) is 8.67. The zero-order valence-corrected chi connectivity index (χ0v) is 21.7. The number of ketones is 2. The summed E-state index contributed by atoms with van der Waals surface area (Å²) in [6, 6.07) is 26.9. The van der Waals surface area contributed by atoms with Crippen molar-refractivity contribution >= 4 is 78.2 Å². The second-order valence-electron chi connectivity index (χ2n) is 8.11. The number of rotatable bonds is 4. The first kappa shape index (κ1) is 21.9. The van der Waals surface area contributed by atoms with Crippen LogP contribution in [0.3, 0.4) is 0 Å². The van der Waals surface area contributed by atoms with Crippen molar-refractivity contribution in [2.75, 3.05) is 0 Å². The molecule has 0 radical (unpaired) electrons. The molecule has 4 aromatic carbocycles. The first-order valence-corrected chi connectivity index (χ1v) is 14.3. The highest BCUT2D eigenvalue weighted by Gasteiger charge is 2.34. The monoisotopic (exact) mass is 538 g/mol. The number of aromatic nitrogens is 2. The Morgan fingerprint density at radius 3 is 1.47 bits per heavy atom. The summed E-state index contributed by atoms with van der Waals surface area (Å²) in [5, 5.41) is 0. The van der Waals surface area contributed by atoms with Crippen molar-refractivity contribution in [2.24, 2.45) is 0 Å². The molecular weight excluding hydrogens is 525 g/mol. The van der Waals surface area contributed by atoms with E-state index in [9.17, 15) is 9.59 Å². The molecule has 1 aliphatic carbocycles. The van der Waals surface area contributed by atoms with Crippen molar-refractivity contribution < 1.29 is 9.59 Å². The molecule has 0 spiro atoms. The summed E-state index contributed by atoms with van der Waals surface area (Å²) >= 11 is 6.04. The standard InChI is InChI=1S/C28H14N2O2S4/c31-25-15-7-5-13-21(35-27-29-17-9-1-3-11-19(17)33-27)23(15)26(32)24-16(25)8-6-14-22(24)36-28-30-18-10-2-4-12-20(18)34-28/h1-14H. The predicted octanol–water partition coefficient (Wildman–Crippen LogP) is 7.98. The minimum absolute atomic E-state index is 0.127.